The van der Waals surface area contributed by atoms with Crippen LogP contribution in [0.25, 0.3) is 16.7 Å². The van der Waals surface area contributed by atoms with Gasteiger partial charge in [0.1, 0.15) is 11.3 Å². The zero-order chi connectivity index (χ0) is 18.8. The molecule has 2 heterocycles. The molecule has 6 heteroatoms. The van der Waals surface area contributed by atoms with Crippen molar-refractivity contribution in [2.45, 2.75) is 19.9 Å². The molecule has 2 N–H and O–H groups in total. The van der Waals surface area contributed by atoms with Crippen molar-refractivity contribution in [3.8, 4) is 5.69 Å². The molecule has 1 unspecified atom stereocenters. The maximum Gasteiger partial charge on any atom is 0.319 e. The summed E-state index contributed by atoms with van der Waals surface area (Å²) in [6, 6.07) is 18.7. The number of benzene rings is 2. The number of nitrogens with zero attached hydrogens (tertiary/aromatic N) is 2. The molecule has 0 aliphatic carbocycles. The van der Waals surface area contributed by atoms with Gasteiger partial charge in [-0.3, -0.25) is 0 Å². The van der Waals surface area contributed by atoms with Crippen LogP contribution in [0, 0.1) is 6.92 Å². The molecular formula is C21H20N4O2. The molecule has 0 radical (unpaired) electrons. The molecule has 0 saturated heterocycles. The quantitative estimate of drug-likeness (QED) is 0.548. The van der Waals surface area contributed by atoms with Gasteiger partial charge in [0.05, 0.1) is 11.7 Å². The van der Waals surface area contributed by atoms with Gasteiger partial charge in [0, 0.05) is 23.0 Å². The third-order valence-electron chi connectivity index (χ3n) is 4.40. The number of amides is 2. The van der Waals surface area contributed by atoms with E-state index in [4.69, 9.17) is 4.42 Å². The van der Waals surface area contributed by atoms with Crippen LogP contribution in [0.2, 0.25) is 0 Å². The first-order chi connectivity index (χ1) is 13.1. The highest BCUT2D eigenvalue weighted by Crippen LogP contribution is 2.23. The fourth-order valence-electron chi connectivity index (χ4n) is 3.01. The molecule has 2 amide bonds. The Balaban J connectivity index is 1.45. The predicted octanol–water partition coefficient (Wildman–Crippen LogP) is 4.81. The lowest BCUT2D eigenvalue weighted by atomic mass is 10.2. The number of hydrogen-bond acceptors (Lipinski definition) is 3. The first-order valence-electron chi connectivity index (χ1n) is 8.77. The van der Waals surface area contributed by atoms with Gasteiger partial charge in [0.15, 0.2) is 0 Å². The van der Waals surface area contributed by atoms with Gasteiger partial charge in [0.25, 0.3) is 0 Å². The second-order valence-electron chi connectivity index (χ2n) is 6.44. The number of hydrogen-bond donors (Lipinski definition) is 2. The van der Waals surface area contributed by atoms with E-state index in [-0.39, 0.29) is 12.1 Å². The summed E-state index contributed by atoms with van der Waals surface area (Å²) in [5.41, 5.74) is 3.41. The molecule has 0 aliphatic heterocycles. The first kappa shape index (κ1) is 16.9. The van der Waals surface area contributed by atoms with E-state index >= 15 is 0 Å². The maximum atomic E-state index is 12.4. The fraction of sp³-hybridized carbons (Fsp3) is 0.143. The number of nitrogens with one attached hydrogen (secondary N) is 2. The number of aromatic nitrogens is 2. The van der Waals surface area contributed by atoms with Gasteiger partial charge in [-0.1, -0.05) is 24.3 Å². The van der Waals surface area contributed by atoms with Crippen LogP contribution in [0.5, 0.6) is 0 Å². The molecule has 0 saturated carbocycles. The third-order valence-corrected chi connectivity index (χ3v) is 4.40. The Kier molecular flexibility index (Phi) is 4.38. The Morgan fingerprint density at radius 2 is 1.96 bits per heavy atom. The molecule has 27 heavy (non-hydrogen) atoms. The Hall–Kier alpha value is -3.54. The van der Waals surface area contributed by atoms with Crippen molar-refractivity contribution in [3.05, 3.63) is 78.3 Å². The van der Waals surface area contributed by atoms with Gasteiger partial charge in [-0.25, -0.2) is 9.48 Å². The first-order valence-corrected chi connectivity index (χ1v) is 8.77. The average Bonchev–Trinajstić information content (AvgIpc) is 3.27. The van der Waals surface area contributed by atoms with Crippen LogP contribution >= 0.6 is 0 Å². The largest absolute Gasteiger partial charge is 0.459 e. The lowest BCUT2D eigenvalue weighted by molar-refractivity contribution is 0.248. The molecule has 0 spiro atoms. The third kappa shape index (κ3) is 3.55. The van der Waals surface area contributed by atoms with E-state index in [0.717, 1.165) is 22.4 Å². The van der Waals surface area contributed by atoms with Gasteiger partial charge >= 0.3 is 6.03 Å². The summed E-state index contributed by atoms with van der Waals surface area (Å²) >= 11 is 0. The summed E-state index contributed by atoms with van der Waals surface area (Å²) < 4.78 is 7.63. The summed E-state index contributed by atoms with van der Waals surface area (Å²) in [7, 11) is 0. The van der Waals surface area contributed by atoms with Crippen LogP contribution in [0.4, 0.5) is 10.5 Å². The molecule has 1 atom stereocenters. The van der Waals surface area contributed by atoms with Gasteiger partial charge < -0.3 is 15.1 Å². The van der Waals surface area contributed by atoms with Crippen molar-refractivity contribution in [1.29, 1.82) is 0 Å². The van der Waals surface area contributed by atoms with Gasteiger partial charge in [0.2, 0.25) is 0 Å². The fourth-order valence-corrected chi connectivity index (χ4v) is 3.01. The second-order valence-corrected chi connectivity index (χ2v) is 6.44. The molecule has 4 aromatic rings. The molecule has 4 rings (SSSR count). The number of aryl methyl sites for hydroxylation is 1. The van der Waals surface area contributed by atoms with Gasteiger partial charge in [-0.15, -0.1) is 0 Å². The summed E-state index contributed by atoms with van der Waals surface area (Å²) in [6.07, 6.45) is 1.75. The molecule has 136 valence electrons. The highest BCUT2D eigenvalue weighted by Gasteiger charge is 2.14. The number of para-hydroxylation sites is 1. The van der Waals surface area contributed by atoms with Crippen molar-refractivity contribution in [2.24, 2.45) is 0 Å². The van der Waals surface area contributed by atoms with E-state index < -0.39 is 0 Å². The Morgan fingerprint density at radius 1 is 1.11 bits per heavy atom. The molecular weight excluding hydrogens is 340 g/mol. The standard InChI is InChI=1S/C21H20N4O2/c1-14-10-11-22-25(14)18-8-5-7-17(13-18)24-21(26)23-15(2)20-12-16-6-3-4-9-19(16)27-20/h3-13,15H,1-2H3,(H2,23,24,26). The van der Waals surface area contributed by atoms with E-state index in [2.05, 4.69) is 15.7 Å². The molecule has 2 aromatic heterocycles. The van der Waals surface area contributed by atoms with Crippen LogP contribution in [0.1, 0.15) is 24.4 Å². The molecule has 0 aliphatic rings. The second kappa shape index (κ2) is 6.99. The molecule has 6 nitrogen and oxygen atoms in total. The van der Waals surface area contributed by atoms with Crippen LogP contribution in [-0.4, -0.2) is 15.8 Å². The minimum atomic E-state index is -0.294. The number of carbonyl (C=O) groups excluding carboxylic acids is 1. The number of fused-ring (bicyclic) bond motifs is 1. The number of furan rings is 1. The molecule has 2 aromatic carbocycles. The Morgan fingerprint density at radius 3 is 2.74 bits per heavy atom. The lowest BCUT2D eigenvalue weighted by Crippen LogP contribution is -2.31. The van der Waals surface area contributed by atoms with Crippen molar-refractivity contribution in [2.75, 3.05) is 5.32 Å². The summed E-state index contributed by atoms with van der Waals surface area (Å²) in [5, 5.41) is 11.1. The van der Waals surface area contributed by atoms with E-state index in [0.29, 0.717) is 11.4 Å². The van der Waals surface area contributed by atoms with E-state index in [9.17, 15) is 4.79 Å². The Labute approximate surface area is 156 Å². The summed E-state index contributed by atoms with van der Waals surface area (Å²) in [5.74, 6) is 0.715. The number of urea groups is 1. The normalized spacial score (nSPS) is 12.1. The van der Waals surface area contributed by atoms with Crippen LogP contribution < -0.4 is 10.6 Å². The zero-order valence-corrected chi connectivity index (χ0v) is 15.1. The van der Waals surface area contributed by atoms with Gasteiger partial charge in [-0.05, 0) is 50.2 Å². The minimum absolute atomic E-state index is 0.256. The van der Waals surface area contributed by atoms with Crippen LogP contribution in [0.3, 0.4) is 0 Å². The highest BCUT2D eigenvalue weighted by molar-refractivity contribution is 5.90. The van der Waals surface area contributed by atoms with Crippen LogP contribution in [0.15, 0.2) is 71.3 Å². The van der Waals surface area contributed by atoms with E-state index in [1.165, 1.54) is 0 Å². The zero-order valence-electron chi connectivity index (χ0n) is 15.1. The monoisotopic (exact) mass is 360 g/mol. The number of carbonyl (C=O) groups is 1. The number of anilines is 1. The SMILES string of the molecule is Cc1ccnn1-c1cccc(NC(=O)NC(C)c2cc3ccccc3o2)c1. The summed E-state index contributed by atoms with van der Waals surface area (Å²) in [4.78, 5) is 12.4. The van der Waals surface area contributed by atoms with Crippen molar-refractivity contribution < 1.29 is 9.21 Å². The number of rotatable bonds is 4. The average molecular weight is 360 g/mol. The van der Waals surface area contributed by atoms with Crippen LogP contribution in [-0.2, 0) is 0 Å². The maximum absolute atomic E-state index is 12.4. The van der Waals surface area contributed by atoms with Crippen molar-refractivity contribution in [3.63, 3.8) is 0 Å². The topological polar surface area (TPSA) is 72.1 Å². The summed E-state index contributed by atoms with van der Waals surface area (Å²) in [6.45, 7) is 3.87. The van der Waals surface area contributed by atoms with Crippen molar-refractivity contribution >= 4 is 22.7 Å². The van der Waals surface area contributed by atoms with Crippen molar-refractivity contribution in [1.82, 2.24) is 15.1 Å². The smallest absolute Gasteiger partial charge is 0.319 e. The van der Waals surface area contributed by atoms with E-state index in [1.807, 2.05) is 79.2 Å². The Bertz CT molecular complexity index is 1060. The lowest BCUT2D eigenvalue weighted by Gasteiger charge is -2.13. The minimum Gasteiger partial charge on any atom is -0.459 e. The van der Waals surface area contributed by atoms with E-state index in [1.54, 1.807) is 6.20 Å². The highest BCUT2D eigenvalue weighted by atomic mass is 16.3. The molecule has 0 fully saturated rings. The predicted molar refractivity (Wildman–Crippen MR) is 105 cm³/mol. The van der Waals surface area contributed by atoms with Gasteiger partial charge in [-0.2, -0.15) is 5.10 Å². The molecule has 0 bridgehead atoms.